The summed E-state index contributed by atoms with van der Waals surface area (Å²) in [6.07, 6.45) is 1.76. The molecule has 3 rings (SSSR count). The minimum atomic E-state index is -0.00739. The van der Waals surface area contributed by atoms with Crippen molar-refractivity contribution in [2.75, 3.05) is 0 Å². The number of benzene rings is 1. The molecule has 20 heavy (non-hydrogen) atoms. The first-order valence-corrected chi connectivity index (χ1v) is 7.46. The third kappa shape index (κ3) is 2.64. The number of nitrogens with zero attached hydrogens (tertiary/aromatic N) is 2. The third-order valence-electron chi connectivity index (χ3n) is 3.36. The van der Waals surface area contributed by atoms with E-state index in [4.69, 9.17) is 0 Å². The Hall–Kier alpha value is -1.98. The maximum absolute atomic E-state index is 11.9. The second-order valence-corrected chi connectivity index (χ2v) is 5.65. The average Bonchev–Trinajstić information content (AvgIpc) is 2.94. The van der Waals surface area contributed by atoms with Crippen LogP contribution in [0.25, 0.3) is 4.96 Å². The van der Waals surface area contributed by atoms with Gasteiger partial charge in [0, 0.05) is 23.2 Å². The molecular formula is C15H16N3OS+. The fourth-order valence-electron chi connectivity index (χ4n) is 2.18. The van der Waals surface area contributed by atoms with Crippen LogP contribution in [0.1, 0.15) is 24.2 Å². The molecule has 5 heteroatoms. The normalized spacial score (nSPS) is 12.7. The number of rotatable bonds is 4. The van der Waals surface area contributed by atoms with Crippen molar-refractivity contribution in [3.05, 3.63) is 69.6 Å². The molecule has 0 aliphatic heterocycles. The molecule has 0 saturated carbocycles. The van der Waals surface area contributed by atoms with Gasteiger partial charge in [0.2, 0.25) is 0 Å². The predicted octanol–water partition coefficient (Wildman–Crippen LogP) is 1.58. The molecule has 0 aliphatic rings. The Morgan fingerprint density at radius 1 is 1.35 bits per heavy atom. The zero-order valence-electron chi connectivity index (χ0n) is 11.2. The first kappa shape index (κ1) is 13.0. The molecule has 0 bridgehead atoms. The lowest BCUT2D eigenvalue weighted by molar-refractivity contribution is -0.708. The first-order chi connectivity index (χ1) is 9.74. The molecular weight excluding hydrogens is 270 g/mol. The second kappa shape index (κ2) is 5.56. The number of fused-ring (bicyclic) bond motifs is 1. The summed E-state index contributed by atoms with van der Waals surface area (Å²) >= 11 is 1.48. The van der Waals surface area contributed by atoms with E-state index in [-0.39, 0.29) is 5.56 Å². The van der Waals surface area contributed by atoms with Gasteiger partial charge in [0.05, 0.1) is 0 Å². The van der Waals surface area contributed by atoms with Gasteiger partial charge in [-0.3, -0.25) is 9.20 Å². The minimum absolute atomic E-state index is 0.00739. The van der Waals surface area contributed by atoms with Crippen LogP contribution in [0.4, 0.5) is 0 Å². The highest BCUT2D eigenvalue weighted by Crippen LogP contribution is 2.08. The smallest absolute Gasteiger partial charge is 0.258 e. The van der Waals surface area contributed by atoms with E-state index in [1.54, 1.807) is 16.7 Å². The van der Waals surface area contributed by atoms with E-state index in [1.165, 1.54) is 16.9 Å². The van der Waals surface area contributed by atoms with Crippen molar-refractivity contribution in [2.45, 2.75) is 19.5 Å². The Balaban J connectivity index is 1.75. The van der Waals surface area contributed by atoms with Gasteiger partial charge in [-0.15, -0.1) is 11.3 Å². The summed E-state index contributed by atoms with van der Waals surface area (Å²) in [5, 5.41) is 4.07. The van der Waals surface area contributed by atoms with Crippen molar-refractivity contribution in [3.8, 4) is 0 Å². The third-order valence-corrected chi connectivity index (χ3v) is 4.12. The zero-order chi connectivity index (χ0) is 13.9. The molecule has 0 spiro atoms. The lowest BCUT2D eigenvalue weighted by atomic mass is 10.1. The number of nitrogens with two attached hydrogens (primary N) is 1. The fourth-order valence-corrected chi connectivity index (χ4v) is 2.92. The van der Waals surface area contributed by atoms with E-state index in [1.807, 2.05) is 23.6 Å². The molecule has 3 aromatic rings. The van der Waals surface area contributed by atoms with Crippen LogP contribution in [0, 0.1) is 0 Å². The first-order valence-electron chi connectivity index (χ1n) is 6.58. The zero-order valence-corrected chi connectivity index (χ0v) is 12.0. The van der Waals surface area contributed by atoms with Crippen molar-refractivity contribution in [1.29, 1.82) is 0 Å². The monoisotopic (exact) mass is 286 g/mol. The number of hydrogen-bond donors (Lipinski definition) is 1. The van der Waals surface area contributed by atoms with Gasteiger partial charge in [0.25, 0.3) is 5.56 Å². The molecule has 2 aromatic heterocycles. The van der Waals surface area contributed by atoms with Crippen molar-refractivity contribution in [1.82, 2.24) is 9.38 Å². The van der Waals surface area contributed by atoms with Crippen LogP contribution in [-0.4, -0.2) is 9.38 Å². The largest absolute Gasteiger partial charge is 0.335 e. The van der Waals surface area contributed by atoms with Gasteiger partial charge < -0.3 is 5.32 Å². The Bertz CT molecular complexity index is 763. The highest BCUT2D eigenvalue weighted by molar-refractivity contribution is 7.15. The molecule has 0 fully saturated rings. The number of quaternary nitrogens is 1. The van der Waals surface area contributed by atoms with Crippen LogP contribution in [-0.2, 0) is 6.54 Å². The molecule has 1 aromatic carbocycles. The maximum atomic E-state index is 11.9. The number of thiazole rings is 1. The average molecular weight is 286 g/mol. The summed E-state index contributed by atoms with van der Waals surface area (Å²) in [6.45, 7) is 2.87. The van der Waals surface area contributed by atoms with Crippen LogP contribution < -0.4 is 10.9 Å². The topological polar surface area (TPSA) is 51.0 Å². The van der Waals surface area contributed by atoms with Crippen molar-refractivity contribution in [3.63, 3.8) is 0 Å². The molecule has 0 aliphatic carbocycles. The Morgan fingerprint density at radius 2 is 2.15 bits per heavy atom. The van der Waals surface area contributed by atoms with E-state index in [0.717, 1.165) is 10.7 Å². The van der Waals surface area contributed by atoms with Crippen LogP contribution in [0.15, 0.2) is 52.8 Å². The van der Waals surface area contributed by atoms with Gasteiger partial charge in [-0.2, -0.15) is 0 Å². The summed E-state index contributed by atoms with van der Waals surface area (Å²) in [4.78, 5) is 17.2. The van der Waals surface area contributed by atoms with Crippen LogP contribution >= 0.6 is 11.3 Å². The number of hydrogen-bond acceptors (Lipinski definition) is 3. The standard InChI is InChI=1S/C15H15N3OS/c1-11(12-5-3-2-4-6-12)16-10-13-9-14(19)18-7-8-20-15(18)17-13/h2-9,11,16H,10H2,1H3/p+1/t11-/m1/s1. The van der Waals surface area contributed by atoms with Crippen molar-refractivity contribution in [2.24, 2.45) is 0 Å². The SMILES string of the molecule is C[C@@H]([NH2+]Cc1cc(=O)n2ccsc2n1)c1ccccc1. The molecule has 102 valence electrons. The molecule has 0 amide bonds. The Labute approximate surface area is 120 Å². The quantitative estimate of drug-likeness (QED) is 0.791. The molecule has 1 atom stereocenters. The van der Waals surface area contributed by atoms with Gasteiger partial charge in [-0.25, -0.2) is 4.98 Å². The Morgan fingerprint density at radius 3 is 2.95 bits per heavy atom. The summed E-state index contributed by atoms with van der Waals surface area (Å²) in [7, 11) is 0. The molecule has 2 N–H and O–H groups in total. The molecule has 2 heterocycles. The van der Waals surface area contributed by atoms with Crippen LogP contribution in [0.3, 0.4) is 0 Å². The summed E-state index contributed by atoms with van der Waals surface area (Å²) in [6, 6.07) is 12.3. The minimum Gasteiger partial charge on any atom is -0.335 e. The van der Waals surface area contributed by atoms with E-state index < -0.39 is 0 Å². The number of aromatic nitrogens is 2. The molecule has 0 radical (unpaired) electrons. The van der Waals surface area contributed by atoms with Gasteiger partial charge in [-0.05, 0) is 6.92 Å². The summed E-state index contributed by atoms with van der Waals surface area (Å²) < 4.78 is 1.58. The predicted molar refractivity (Wildman–Crippen MR) is 79.8 cm³/mol. The molecule has 0 saturated heterocycles. The highest BCUT2D eigenvalue weighted by Gasteiger charge is 2.10. The lowest BCUT2D eigenvalue weighted by Crippen LogP contribution is -2.83. The van der Waals surface area contributed by atoms with Crippen molar-refractivity contribution >= 4 is 16.3 Å². The molecule has 4 nitrogen and oxygen atoms in total. The van der Waals surface area contributed by atoms with E-state index in [9.17, 15) is 4.79 Å². The summed E-state index contributed by atoms with van der Waals surface area (Å²) in [5.74, 6) is 0. The molecule has 0 unspecified atom stereocenters. The van der Waals surface area contributed by atoms with Gasteiger partial charge >= 0.3 is 0 Å². The van der Waals surface area contributed by atoms with E-state index >= 15 is 0 Å². The second-order valence-electron chi connectivity index (χ2n) is 4.78. The summed E-state index contributed by atoms with van der Waals surface area (Å²) in [5.41, 5.74) is 2.11. The van der Waals surface area contributed by atoms with Gasteiger partial charge in [0.1, 0.15) is 18.3 Å². The van der Waals surface area contributed by atoms with Gasteiger partial charge in [-0.1, -0.05) is 30.3 Å². The van der Waals surface area contributed by atoms with Crippen LogP contribution in [0.2, 0.25) is 0 Å². The van der Waals surface area contributed by atoms with Crippen molar-refractivity contribution < 1.29 is 5.32 Å². The van der Waals surface area contributed by atoms with Gasteiger partial charge in [0.15, 0.2) is 4.96 Å². The fraction of sp³-hybridized carbons (Fsp3) is 0.200. The highest BCUT2D eigenvalue weighted by atomic mass is 32.1. The van der Waals surface area contributed by atoms with Crippen LogP contribution in [0.5, 0.6) is 0 Å². The Kier molecular flexibility index (Phi) is 3.62. The maximum Gasteiger partial charge on any atom is 0.258 e. The van der Waals surface area contributed by atoms with E-state index in [0.29, 0.717) is 12.6 Å². The van der Waals surface area contributed by atoms with E-state index in [2.05, 4.69) is 29.4 Å². The lowest BCUT2D eigenvalue weighted by Gasteiger charge is -2.10.